The number of carbonyl (C=O) groups is 1. The van der Waals surface area contributed by atoms with Gasteiger partial charge in [-0.1, -0.05) is 6.92 Å². The van der Waals surface area contributed by atoms with Gasteiger partial charge in [0, 0.05) is 12.1 Å². The number of benzene rings is 1. The maximum atomic E-state index is 12.3. The van der Waals surface area contributed by atoms with E-state index in [-0.39, 0.29) is 10.5 Å². The Labute approximate surface area is 163 Å². The zero-order valence-electron chi connectivity index (χ0n) is 15.8. The molecule has 1 aromatic rings. The van der Waals surface area contributed by atoms with Crippen molar-refractivity contribution < 1.29 is 26.4 Å². The molecule has 0 bridgehead atoms. The van der Waals surface area contributed by atoms with Crippen LogP contribution in [0.1, 0.15) is 36.5 Å². The fraction of sp³-hybridized carbons (Fsp3) is 0.611. The van der Waals surface area contributed by atoms with Gasteiger partial charge in [-0.15, -0.1) is 0 Å². The summed E-state index contributed by atoms with van der Waals surface area (Å²) in [5.74, 6) is -0.168. The van der Waals surface area contributed by atoms with Crippen molar-refractivity contribution in [1.29, 1.82) is 0 Å². The van der Waals surface area contributed by atoms with E-state index in [9.17, 15) is 26.4 Å². The highest BCUT2D eigenvalue weighted by Crippen LogP contribution is 2.16. The topological polar surface area (TPSA) is 78.5 Å². The van der Waals surface area contributed by atoms with Gasteiger partial charge in [-0.3, -0.25) is 4.79 Å². The standard InChI is InChI=1S/C18H26F3N3O3S/c1-14-7-11-24(12-8-14)10-2-9-23-28(26,27)16-5-3-15(4-6-16)17(25)22-13-18(19,20)21/h3-6,14,23H,2,7-13H2,1H3,(H,22,25). The predicted octanol–water partition coefficient (Wildman–Crippen LogP) is 2.38. The molecule has 1 aliphatic rings. The highest BCUT2D eigenvalue weighted by atomic mass is 32.2. The molecule has 0 aromatic heterocycles. The monoisotopic (exact) mass is 421 g/mol. The van der Waals surface area contributed by atoms with E-state index in [2.05, 4.69) is 16.5 Å². The zero-order chi connectivity index (χ0) is 20.8. The molecule has 1 aromatic carbocycles. The molecule has 1 saturated heterocycles. The van der Waals surface area contributed by atoms with Gasteiger partial charge in [0.15, 0.2) is 0 Å². The Kier molecular flexibility index (Phi) is 7.85. The largest absolute Gasteiger partial charge is 0.405 e. The number of nitrogens with one attached hydrogen (secondary N) is 2. The third-order valence-corrected chi connectivity index (χ3v) is 6.17. The Bertz CT molecular complexity index is 744. The van der Waals surface area contributed by atoms with Crippen LogP contribution in [-0.2, 0) is 10.0 Å². The van der Waals surface area contributed by atoms with Crippen molar-refractivity contribution >= 4 is 15.9 Å². The van der Waals surface area contributed by atoms with E-state index in [0.717, 1.165) is 38.4 Å². The third-order valence-electron chi connectivity index (χ3n) is 4.70. The molecule has 2 N–H and O–H groups in total. The lowest BCUT2D eigenvalue weighted by atomic mass is 9.99. The minimum absolute atomic E-state index is 0.0355. The summed E-state index contributed by atoms with van der Waals surface area (Å²) in [6.45, 7) is 3.98. The Hall–Kier alpha value is -1.65. The lowest BCUT2D eigenvalue weighted by Crippen LogP contribution is -2.35. The van der Waals surface area contributed by atoms with E-state index in [1.54, 1.807) is 5.32 Å². The Morgan fingerprint density at radius 1 is 1.18 bits per heavy atom. The Morgan fingerprint density at radius 3 is 2.36 bits per heavy atom. The van der Waals surface area contributed by atoms with Crippen LogP contribution in [0.4, 0.5) is 13.2 Å². The van der Waals surface area contributed by atoms with Crippen molar-refractivity contribution in [2.45, 2.75) is 37.3 Å². The van der Waals surface area contributed by atoms with Crippen LogP contribution in [0.2, 0.25) is 0 Å². The average molecular weight is 421 g/mol. The van der Waals surface area contributed by atoms with E-state index >= 15 is 0 Å². The first-order valence-corrected chi connectivity index (χ1v) is 10.7. The second kappa shape index (κ2) is 9.71. The summed E-state index contributed by atoms with van der Waals surface area (Å²) in [6.07, 6.45) is -1.50. The number of likely N-dealkylation sites (tertiary alicyclic amines) is 1. The van der Waals surface area contributed by atoms with Crippen LogP contribution in [0.15, 0.2) is 29.2 Å². The van der Waals surface area contributed by atoms with E-state index in [1.165, 1.54) is 24.3 Å². The summed E-state index contributed by atoms with van der Waals surface area (Å²) in [5.41, 5.74) is -0.0393. The van der Waals surface area contributed by atoms with E-state index < -0.39 is 28.7 Å². The van der Waals surface area contributed by atoms with Gasteiger partial charge in [-0.05, 0) is 69.1 Å². The highest BCUT2D eigenvalue weighted by molar-refractivity contribution is 7.89. The molecule has 28 heavy (non-hydrogen) atoms. The van der Waals surface area contributed by atoms with Crippen molar-refractivity contribution in [1.82, 2.24) is 14.9 Å². The SMILES string of the molecule is CC1CCN(CCCNS(=O)(=O)c2ccc(C(=O)NCC(F)(F)F)cc2)CC1. The molecule has 2 rings (SSSR count). The summed E-state index contributed by atoms with van der Waals surface area (Å²) >= 11 is 0. The number of nitrogens with zero attached hydrogens (tertiary/aromatic N) is 1. The zero-order valence-corrected chi connectivity index (χ0v) is 16.6. The average Bonchev–Trinajstić information content (AvgIpc) is 2.64. The number of alkyl halides is 3. The highest BCUT2D eigenvalue weighted by Gasteiger charge is 2.28. The van der Waals surface area contributed by atoms with Crippen molar-refractivity contribution in [2.24, 2.45) is 5.92 Å². The van der Waals surface area contributed by atoms with Gasteiger partial charge in [-0.25, -0.2) is 13.1 Å². The Balaban J connectivity index is 1.80. The normalized spacial score (nSPS) is 16.9. The minimum atomic E-state index is -4.50. The maximum Gasteiger partial charge on any atom is 0.405 e. The third kappa shape index (κ3) is 7.40. The van der Waals surface area contributed by atoms with Crippen molar-refractivity contribution in [2.75, 3.05) is 32.7 Å². The van der Waals surface area contributed by atoms with Gasteiger partial charge in [0.1, 0.15) is 6.54 Å². The van der Waals surface area contributed by atoms with Crippen LogP contribution >= 0.6 is 0 Å². The van der Waals surface area contributed by atoms with E-state index in [0.29, 0.717) is 13.0 Å². The van der Waals surface area contributed by atoms with Crippen molar-refractivity contribution in [3.05, 3.63) is 29.8 Å². The number of halogens is 3. The van der Waals surface area contributed by atoms with Gasteiger partial charge < -0.3 is 10.2 Å². The van der Waals surface area contributed by atoms with Gasteiger partial charge in [0.2, 0.25) is 10.0 Å². The fourth-order valence-corrected chi connectivity index (χ4v) is 4.02. The molecule has 0 unspecified atom stereocenters. The molecular weight excluding hydrogens is 395 g/mol. The first-order chi connectivity index (χ1) is 13.1. The number of piperidine rings is 1. The molecule has 0 spiro atoms. The Morgan fingerprint density at radius 2 is 1.79 bits per heavy atom. The molecule has 6 nitrogen and oxygen atoms in total. The molecule has 1 heterocycles. The second-order valence-corrected chi connectivity index (χ2v) is 8.86. The molecule has 1 amide bonds. The van der Waals surface area contributed by atoms with Gasteiger partial charge in [0.05, 0.1) is 4.90 Å². The quantitative estimate of drug-likeness (QED) is 0.632. The van der Waals surface area contributed by atoms with Gasteiger partial charge >= 0.3 is 6.18 Å². The first-order valence-electron chi connectivity index (χ1n) is 9.24. The summed E-state index contributed by atoms with van der Waals surface area (Å²) in [5, 5.41) is 1.74. The number of sulfonamides is 1. The van der Waals surface area contributed by atoms with Gasteiger partial charge in [-0.2, -0.15) is 13.2 Å². The fourth-order valence-electron chi connectivity index (χ4n) is 2.95. The van der Waals surface area contributed by atoms with Gasteiger partial charge in [0.25, 0.3) is 5.91 Å². The van der Waals surface area contributed by atoms with Crippen LogP contribution in [0.25, 0.3) is 0 Å². The molecule has 10 heteroatoms. The molecule has 0 atom stereocenters. The van der Waals surface area contributed by atoms with Crippen LogP contribution in [-0.4, -0.2) is 58.1 Å². The number of amides is 1. The molecule has 158 valence electrons. The summed E-state index contributed by atoms with van der Waals surface area (Å²) in [6, 6.07) is 4.79. The number of hydrogen-bond acceptors (Lipinski definition) is 4. The summed E-state index contributed by atoms with van der Waals surface area (Å²) in [7, 11) is -3.73. The lowest BCUT2D eigenvalue weighted by Gasteiger charge is -2.30. The predicted molar refractivity (Wildman–Crippen MR) is 99.5 cm³/mol. The molecular formula is C18H26F3N3O3S. The molecule has 0 radical (unpaired) electrons. The maximum absolute atomic E-state index is 12.3. The molecule has 0 aliphatic carbocycles. The van der Waals surface area contributed by atoms with Crippen LogP contribution in [0, 0.1) is 5.92 Å². The summed E-state index contributed by atoms with van der Waals surface area (Å²) < 4.78 is 63.5. The smallest absolute Gasteiger partial charge is 0.343 e. The number of rotatable bonds is 8. The van der Waals surface area contributed by atoms with Crippen LogP contribution in [0.5, 0.6) is 0 Å². The molecule has 1 fully saturated rings. The molecule has 0 saturated carbocycles. The number of hydrogen-bond donors (Lipinski definition) is 2. The number of carbonyl (C=O) groups excluding carboxylic acids is 1. The first kappa shape index (κ1) is 22.6. The van der Waals surface area contributed by atoms with Crippen LogP contribution < -0.4 is 10.0 Å². The lowest BCUT2D eigenvalue weighted by molar-refractivity contribution is -0.123. The summed E-state index contributed by atoms with van der Waals surface area (Å²) in [4.78, 5) is 13.9. The van der Waals surface area contributed by atoms with Crippen molar-refractivity contribution in [3.63, 3.8) is 0 Å². The minimum Gasteiger partial charge on any atom is -0.343 e. The van der Waals surface area contributed by atoms with E-state index in [1.807, 2.05) is 0 Å². The molecule has 1 aliphatic heterocycles. The van der Waals surface area contributed by atoms with Crippen molar-refractivity contribution in [3.8, 4) is 0 Å². The van der Waals surface area contributed by atoms with Crippen LogP contribution in [0.3, 0.4) is 0 Å². The van der Waals surface area contributed by atoms with E-state index in [4.69, 9.17) is 0 Å². The second-order valence-electron chi connectivity index (χ2n) is 7.10.